The molecule has 0 fully saturated rings. The molecule has 0 saturated carbocycles. The Balaban J connectivity index is 2.75. The standard InChI is InChI=1S/C13H22N2O2/c1-3-11(5-6-16)15-12-7-10(14)8-13(9-12)17-4-2/h7-9,11,15-16H,3-6,14H2,1-2H3. The number of aliphatic hydroxyl groups excluding tert-OH is 1. The van der Waals surface area contributed by atoms with Crippen LogP contribution in [0.4, 0.5) is 11.4 Å². The third-order valence-electron chi connectivity index (χ3n) is 2.58. The number of aliphatic hydroxyl groups is 1. The molecule has 96 valence electrons. The summed E-state index contributed by atoms with van der Waals surface area (Å²) >= 11 is 0. The molecule has 0 aliphatic carbocycles. The minimum atomic E-state index is 0.187. The van der Waals surface area contributed by atoms with Gasteiger partial charge in [-0.1, -0.05) is 6.92 Å². The van der Waals surface area contributed by atoms with Crippen molar-refractivity contribution in [1.29, 1.82) is 0 Å². The molecular weight excluding hydrogens is 216 g/mol. The van der Waals surface area contributed by atoms with E-state index in [4.69, 9.17) is 15.6 Å². The molecule has 0 aliphatic rings. The minimum Gasteiger partial charge on any atom is -0.494 e. The van der Waals surface area contributed by atoms with Crippen molar-refractivity contribution in [2.24, 2.45) is 0 Å². The molecule has 0 amide bonds. The second-order valence-electron chi connectivity index (χ2n) is 3.99. The minimum absolute atomic E-state index is 0.187. The van der Waals surface area contributed by atoms with E-state index in [0.717, 1.165) is 24.3 Å². The second kappa shape index (κ2) is 7.01. The summed E-state index contributed by atoms with van der Waals surface area (Å²) in [4.78, 5) is 0. The van der Waals surface area contributed by atoms with Crippen LogP contribution in [0.1, 0.15) is 26.7 Å². The lowest BCUT2D eigenvalue weighted by molar-refractivity contribution is 0.278. The van der Waals surface area contributed by atoms with Crippen molar-refractivity contribution in [2.45, 2.75) is 32.7 Å². The Hall–Kier alpha value is -1.42. The maximum Gasteiger partial charge on any atom is 0.123 e. The van der Waals surface area contributed by atoms with Crippen LogP contribution in [0.5, 0.6) is 5.75 Å². The molecule has 0 spiro atoms. The van der Waals surface area contributed by atoms with Gasteiger partial charge in [-0.25, -0.2) is 0 Å². The zero-order chi connectivity index (χ0) is 12.7. The summed E-state index contributed by atoms with van der Waals surface area (Å²) < 4.78 is 5.43. The molecule has 0 saturated heterocycles. The van der Waals surface area contributed by atoms with Crippen molar-refractivity contribution in [3.8, 4) is 5.75 Å². The van der Waals surface area contributed by atoms with Crippen molar-refractivity contribution >= 4 is 11.4 Å². The fourth-order valence-corrected chi connectivity index (χ4v) is 1.73. The molecule has 1 unspecified atom stereocenters. The first-order valence-corrected chi connectivity index (χ1v) is 6.10. The highest BCUT2D eigenvalue weighted by molar-refractivity contribution is 5.59. The van der Waals surface area contributed by atoms with Gasteiger partial charge in [0.2, 0.25) is 0 Å². The zero-order valence-electron chi connectivity index (χ0n) is 10.6. The molecule has 1 aromatic rings. The monoisotopic (exact) mass is 238 g/mol. The van der Waals surface area contributed by atoms with E-state index in [9.17, 15) is 0 Å². The van der Waals surface area contributed by atoms with Crippen LogP contribution in [0.15, 0.2) is 18.2 Å². The molecule has 4 heteroatoms. The number of hydrogen-bond donors (Lipinski definition) is 3. The van der Waals surface area contributed by atoms with Crippen LogP contribution >= 0.6 is 0 Å². The quantitative estimate of drug-likeness (QED) is 0.637. The van der Waals surface area contributed by atoms with Gasteiger partial charge in [0.15, 0.2) is 0 Å². The van der Waals surface area contributed by atoms with Crippen LogP contribution in [0.3, 0.4) is 0 Å². The maximum absolute atomic E-state index is 8.95. The predicted octanol–water partition coefficient (Wildman–Crippen LogP) is 2.24. The van der Waals surface area contributed by atoms with Gasteiger partial charge in [-0.05, 0) is 25.8 Å². The largest absolute Gasteiger partial charge is 0.494 e. The summed E-state index contributed by atoms with van der Waals surface area (Å²) in [5.74, 6) is 0.772. The summed E-state index contributed by atoms with van der Waals surface area (Å²) in [5, 5.41) is 12.3. The number of nitrogen functional groups attached to an aromatic ring is 1. The van der Waals surface area contributed by atoms with E-state index in [1.165, 1.54) is 0 Å². The highest BCUT2D eigenvalue weighted by atomic mass is 16.5. The zero-order valence-corrected chi connectivity index (χ0v) is 10.6. The Bertz CT molecular complexity index is 342. The van der Waals surface area contributed by atoms with Gasteiger partial charge in [0, 0.05) is 36.2 Å². The molecule has 1 atom stereocenters. The lowest BCUT2D eigenvalue weighted by Gasteiger charge is -2.18. The lowest BCUT2D eigenvalue weighted by atomic mass is 10.1. The van der Waals surface area contributed by atoms with Gasteiger partial charge in [0.25, 0.3) is 0 Å². The third kappa shape index (κ3) is 4.53. The van der Waals surface area contributed by atoms with E-state index < -0.39 is 0 Å². The normalized spacial score (nSPS) is 12.2. The Morgan fingerprint density at radius 3 is 2.71 bits per heavy atom. The van der Waals surface area contributed by atoms with Crippen LogP contribution in [0.2, 0.25) is 0 Å². The van der Waals surface area contributed by atoms with Crippen LogP contribution in [-0.2, 0) is 0 Å². The van der Waals surface area contributed by atoms with Crippen molar-refractivity contribution < 1.29 is 9.84 Å². The van der Waals surface area contributed by atoms with Crippen LogP contribution < -0.4 is 15.8 Å². The number of rotatable bonds is 7. The molecule has 4 N–H and O–H groups in total. The Labute approximate surface area is 103 Å². The molecule has 1 rings (SSSR count). The molecule has 0 bridgehead atoms. The number of nitrogens with two attached hydrogens (primary N) is 1. The van der Waals surface area contributed by atoms with Crippen molar-refractivity contribution in [3.63, 3.8) is 0 Å². The highest BCUT2D eigenvalue weighted by Gasteiger charge is 2.06. The van der Waals surface area contributed by atoms with E-state index in [2.05, 4.69) is 12.2 Å². The van der Waals surface area contributed by atoms with Gasteiger partial charge in [-0.3, -0.25) is 0 Å². The number of benzene rings is 1. The van der Waals surface area contributed by atoms with Crippen LogP contribution in [-0.4, -0.2) is 24.4 Å². The Kier molecular flexibility index (Phi) is 5.63. The molecule has 4 nitrogen and oxygen atoms in total. The summed E-state index contributed by atoms with van der Waals surface area (Å²) in [6.07, 6.45) is 1.69. The first-order chi connectivity index (χ1) is 8.19. The summed E-state index contributed by atoms with van der Waals surface area (Å²) in [5.41, 5.74) is 7.43. The highest BCUT2D eigenvalue weighted by Crippen LogP contribution is 2.23. The van der Waals surface area contributed by atoms with Gasteiger partial charge in [0.1, 0.15) is 5.75 Å². The fraction of sp³-hybridized carbons (Fsp3) is 0.538. The van der Waals surface area contributed by atoms with Crippen LogP contribution in [0.25, 0.3) is 0 Å². The molecule has 0 radical (unpaired) electrons. The van der Waals surface area contributed by atoms with Crippen molar-refractivity contribution in [2.75, 3.05) is 24.3 Å². The first-order valence-electron chi connectivity index (χ1n) is 6.10. The number of hydrogen-bond acceptors (Lipinski definition) is 4. The smallest absolute Gasteiger partial charge is 0.123 e. The van der Waals surface area contributed by atoms with Crippen LogP contribution in [0, 0.1) is 0 Å². The molecule has 0 heterocycles. The SMILES string of the molecule is CCOc1cc(N)cc(NC(CC)CCO)c1. The topological polar surface area (TPSA) is 67.5 Å². The number of nitrogens with one attached hydrogen (secondary N) is 1. The van der Waals surface area contributed by atoms with E-state index in [1.54, 1.807) is 0 Å². The first kappa shape index (κ1) is 13.6. The summed E-state index contributed by atoms with van der Waals surface area (Å²) in [7, 11) is 0. The number of anilines is 2. The molecule has 0 aromatic heterocycles. The predicted molar refractivity (Wildman–Crippen MR) is 71.4 cm³/mol. The second-order valence-corrected chi connectivity index (χ2v) is 3.99. The molecule has 17 heavy (non-hydrogen) atoms. The van der Waals surface area contributed by atoms with E-state index in [-0.39, 0.29) is 12.6 Å². The third-order valence-corrected chi connectivity index (χ3v) is 2.58. The fourth-order valence-electron chi connectivity index (χ4n) is 1.73. The van der Waals surface area contributed by atoms with Gasteiger partial charge < -0.3 is 20.9 Å². The van der Waals surface area contributed by atoms with Gasteiger partial charge in [-0.2, -0.15) is 0 Å². The van der Waals surface area contributed by atoms with E-state index in [1.807, 2.05) is 25.1 Å². The Morgan fingerprint density at radius 1 is 1.35 bits per heavy atom. The van der Waals surface area contributed by atoms with Gasteiger partial charge >= 0.3 is 0 Å². The van der Waals surface area contributed by atoms with Crippen molar-refractivity contribution in [1.82, 2.24) is 0 Å². The average molecular weight is 238 g/mol. The van der Waals surface area contributed by atoms with Gasteiger partial charge in [-0.15, -0.1) is 0 Å². The average Bonchev–Trinajstić information content (AvgIpc) is 2.28. The molecular formula is C13H22N2O2. The van der Waals surface area contributed by atoms with E-state index in [0.29, 0.717) is 12.3 Å². The number of ether oxygens (including phenoxy) is 1. The summed E-state index contributed by atoms with van der Waals surface area (Å²) in [6, 6.07) is 5.88. The maximum atomic E-state index is 8.95. The summed E-state index contributed by atoms with van der Waals surface area (Å²) in [6.45, 7) is 4.84. The molecule has 0 aliphatic heterocycles. The molecule has 1 aromatic carbocycles. The van der Waals surface area contributed by atoms with Crippen molar-refractivity contribution in [3.05, 3.63) is 18.2 Å². The lowest BCUT2D eigenvalue weighted by Crippen LogP contribution is -2.19. The van der Waals surface area contributed by atoms with Gasteiger partial charge in [0.05, 0.1) is 6.61 Å². The Morgan fingerprint density at radius 2 is 2.12 bits per heavy atom. The van der Waals surface area contributed by atoms with E-state index >= 15 is 0 Å².